The van der Waals surface area contributed by atoms with E-state index in [-0.39, 0.29) is 18.0 Å². The number of aromatic nitrogens is 2. The van der Waals surface area contributed by atoms with Crippen molar-refractivity contribution in [2.75, 3.05) is 44.3 Å². The highest BCUT2D eigenvalue weighted by Crippen LogP contribution is 2.42. The standard InChI is InChI=1S/C26H34BrN5O3/c1-17-14-22(34)24-23(17)26(29-16-28-24)32-10-8-31(9-11-32)25(30-20-6-12-35-13-7-20)21(15-33)18-2-4-19(27)5-3-18/h2-5,15-17,20-22,25,30,34H,6-14H2,1H3/t17-,21?,22+,25?/m1/s1. The van der Waals surface area contributed by atoms with Gasteiger partial charge in [0.25, 0.3) is 0 Å². The molecule has 2 fully saturated rings. The number of benzene rings is 1. The van der Waals surface area contributed by atoms with Gasteiger partial charge < -0.3 is 19.5 Å². The molecule has 0 spiro atoms. The number of fused-ring (bicyclic) bond motifs is 1. The average molecular weight is 544 g/mol. The summed E-state index contributed by atoms with van der Waals surface area (Å²) in [6, 6.07) is 8.41. The summed E-state index contributed by atoms with van der Waals surface area (Å²) in [4.78, 5) is 26.2. The summed E-state index contributed by atoms with van der Waals surface area (Å²) in [5.74, 6) is 0.928. The molecule has 4 atom stereocenters. The molecule has 1 aromatic carbocycles. The van der Waals surface area contributed by atoms with Crippen LogP contribution < -0.4 is 10.2 Å². The van der Waals surface area contributed by atoms with Gasteiger partial charge in [-0.05, 0) is 42.9 Å². The highest BCUT2D eigenvalue weighted by molar-refractivity contribution is 9.10. The summed E-state index contributed by atoms with van der Waals surface area (Å²) in [6.45, 7) is 6.90. The van der Waals surface area contributed by atoms with Crippen LogP contribution in [-0.2, 0) is 9.53 Å². The number of hydrogen-bond acceptors (Lipinski definition) is 8. The van der Waals surface area contributed by atoms with Crippen molar-refractivity contribution in [1.82, 2.24) is 20.2 Å². The van der Waals surface area contributed by atoms with Crippen LogP contribution in [0.5, 0.6) is 0 Å². The smallest absolute Gasteiger partial charge is 0.135 e. The lowest BCUT2D eigenvalue weighted by Gasteiger charge is -2.44. The minimum atomic E-state index is -0.504. The summed E-state index contributed by atoms with van der Waals surface area (Å²) in [5.41, 5.74) is 2.89. The minimum Gasteiger partial charge on any atom is -0.387 e. The van der Waals surface area contributed by atoms with Crippen molar-refractivity contribution in [2.24, 2.45) is 0 Å². The third-order valence-corrected chi connectivity index (χ3v) is 8.18. The molecule has 3 aliphatic rings. The lowest BCUT2D eigenvalue weighted by atomic mass is 9.94. The first-order chi connectivity index (χ1) is 17.0. The zero-order chi connectivity index (χ0) is 24.4. The fraction of sp³-hybridized carbons (Fsp3) is 0.577. The molecule has 1 aliphatic carbocycles. The number of piperazine rings is 1. The van der Waals surface area contributed by atoms with Crippen LogP contribution in [0.2, 0.25) is 0 Å². The van der Waals surface area contributed by atoms with E-state index in [1.807, 2.05) is 24.3 Å². The first-order valence-corrected chi connectivity index (χ1v) is 13.4. The van der Waals surface area contributed by atoms with Crippen LogP contribution in [0.4, 0.5) is 5.82 Å². The van der Waals surface area contributed by atoms with E-state index in [4.69, 9.17) is 4.74 Å². The first kappa shape index (κ1) is 24.8. The minimum absolute atomic E-state index is 0.0872. The molecule has 0 radical (unpaired) electrons. The Bertz CT molecular complexity index is 1010. The molecule has 2 aromatic rings. The predicted molar refractivity (Wildman–Crippen MR) is 138 cm³/mol. The third kappa shape index (κ3) is 5.29. The van der Waals surface area contributed by atoms with Gasteiger partial charge in [-0.1, -0.05) is 35.0 Å². The van der Waals surface area contributed by atoms with Gasteiger partial charge in [0.2, 0.25) is 0 Å². The van der Waals surface area contributed by atoms with E-state index >= 15 is 0 Å². The SMILES string of the molecule is C[C@@H]1C[C@H](O)c2ncnc(N3CCN(C(NC4CCOCC4)C(C=O)c4ccc(Br)cc4)CC3)c21. The van der Waals surface area contributed by atoms with Crippen LogP contribution in [0.1, 0.15) is 60.9 Å². The molecule has 2 unspecified atom stereocenters. The zero-order valence-electron chi connectivity index (χ0n) is 20.1. The van der Waals surface area contributed by atoms with E-state index in [0.29, 0.717) is 12.5 Å². The summed E-state index contributed by atoms with van der Waals surface area (Å²) < 4.78 is 6.57. The van der Waals surface area contributed by atoms with Crippen molar-refractivity contribution in [3.8, 4) is 0 Å². The van der Waals surface area contributed by atoms with Crippen LogP contribution >= 0.6 is 15.9 Å². The van der Waals surface area contributed by atoms with Gasteiger partial charge in [-0.3, -0.25) is 10.2 Å². The number of aliphatic hydroxyl groups excluding tert-OH is 1. The van der Waals surface area contributed by atoms with Crippen molar-refractivity contribution in [1.29, 1.82) is 0 Å². The summed E-state index contributed by atoms with van der Waals surface area (Å²) in [6.07, 6.45) is 4.68. The summed E-state index contributed by atoms with van der Waals surface area (Å²) in [5, 5.41) is 14.2. The second kappa shape index (κ2) is 11.0. The van der Waals surface area contributed by atoms with Gasteiger partial charge in [-0.25, -0.2) is 9.97 Å². The maximum absolute atomic E-state index is 12.4. The van der Waals surface area contributed by atoms with Crippen molar-refractivity contribution >= 4 is 28.0 Å². The monoisotopic (exact) mass is 543 g/mol. The number of carbonyl (C=O) groups is 1. The molecule has 9 heteroatoms. The molecule has 0 bridgehead atoms. The predicted octanol–water partition coefficient (Wildman–Crippen LogP) is 2.98. The maximum Gasteiger partial charge on any atom is 0.135 e. The van der Waals surface area contributed by atoms with E-state index in [2.05, 4.69) is 47.9 Å². The van der Waals surface area contributed by atoms with E-state index in [0.717, 1.165) is 85.6 Å². The molecule has 2 N–H and O–H groups in total. The van der Waals surface area contributed by atoms with Crippen molar-refractivity contribution in [3.63, 3.8) is 0 Å². The Hall–Kier alpha value is -1.91. The number of nitrogens with zero attached hydrogens (tertiary/aromatic N) is 4. The molecule has 1 aromatic heterocycles. The number of halogens is 1. The quantitative estimate of drug-likeness (QED) is 0.515. The van der Waals surface area contributed by atoms with E-state index in [1.54, 1.807) is 6.33 Å². The molecule has 0 amide bonds. The van der Waals surface area contributed by atoms with E-state index < -0.39 is 6.10 Å². The number of aldehydes is 1. The lowest BCUT2D eigenvalue weighted by molar-refractivity contribution is -0.111. The van der Waals surface area contributed by atoms with Crippen molar-refractivity contribution in [3.05, 3.63) is 51.9 Å². The number of aliphatic hydroxyl groups is 1. The van der Waals surface area contributed by atoms with Gasteiger partial charge in [0, 0.05) is 55.5 Å². The number of rotatable bonds is 7. The topological polar surface area (TPSA) is 90.8 Å². The second-order valence-corrected chi connectivity index (χ2v) is 10.8. The van der Waals surface area contributed by atoms with E-state index in [9.17, 15) is 9.90 Å². The van der Waals surface area contributed by atoms with Crippen LogP contribution in [0.3, 0.4) is 0 Å². The highest BCUT2D eigenvalue weighted by atomic mass is 79.9. The van der Waals surface area contributed by atoms with Crippen molar-refractivity contribution < 1.29 is 14.6 Å². The van der Waals surface area contributed by atoms with Crippen LogP contribution in [0.25, 0.3) is 0 Å². The molecule has 5 rings (SSSR count). The van der Waals surface area contributed by atoms with Gasteiger partial charge >= 0.3 is 0 Å². The van der Waals surface area contributed by atoms with Crippen LogP contribution in [0.15, 0.2) is 35.1 Å². The molecule has 35 heavy (non-hydrogen) atoms. The van der Waals surface area contributed by atoms with Crippen molar-refractivity contribution in [2.45, 2.75) is 56.3 Å². The Morgan fingerprint density at radius 2 is 1.86 bits per heavy atom. The van der Waals surface area contributed by atoms with Gasteiger partial charge in [-0.2, -0.15) is 0 Å². The third-order valence-electron chi connectivity index (χ3n) is 7.66. The van der Waals surface area contributed by atoms with Crippen LogP contribution in [-0.4, -0.2) is 77.9 Å². The number of anilines is 1. The molecule has 2 saturated heterocycles. The van der Waals surface area contributed by atoms with Gasteiger partial charge in [0.05, 0.1) is 23.9 Å². The normalized spacial score (nSPS) is 25.3. The summed E-state index contributed by atoms with van der Waals surface area (Å²) >= 11 is 3.51. The Morgan fingerprint density at radius 1 is 1.14 bits per heavy atom. The molecule has 8 nitrogen and oxygen atoms in total. The Balaban J connectivity index is 1.35. The number of nitrogens with one attached hydrogen (secondary N) is 1. The summed E-state index contributed by atoms with van der Waals surface area (Å²) in [7, 11) is 0. The molecule has 3 heterocycles. The number of carbonyl (C=O) groups excluding carboxylic acids is 1. The fourth-order valence-corrected chi connectivity index (χ4v) is 5.99. The molecule has 2 aliphatic heterocycles. The fourth-order valence-electron chi connectivity index (χ4n) is 5.73. The zero-order valence-corrected chi connectivity index (χ0v) is 21.7. The Morgan fingerprint density at radius 3 is 2.54 bits per heavy atom. The molecule has 0 saturated carbocycles. The molecular formula is C26H34BrN5O3. The van der Waals surface area contributed by atoms with E-state index in [1.165, 1.54) is 0 Å². The Kier molecular flexibility index (Phi) is 7.79. The van der Waals surface area contributed by atoms with Gasteiger partial charge in [0.1, 0.15) is 18.4 Å². The molecular weight excluding hydrogens is 510 g/mol. The largest absolute Gasteiger partial charge is 0.387 e. The van der Waals surface area contributed by atoms with Crippen LogP contribution in [0, 0.1) is 0 Å². The number of hydrogen-bond donors (Lipinski definition) is 2. The average Bonchev–Trinajstić information content (AvgIpc) is 3.19. The Labute approximate surface area is 215 Å². The second-order valence-electron chi connectivity index (χ2n) is 9.88. The maximum atomic E-state index is 12.4. The first-order valence-electron chi connectivity index (χ1n) is 12.6. The molecule has 188 valence electrons. The lowest BCUT2D eigenvalue weighted by Crippen LogP contribution is -2.59. The highest BCUT2D eigenvalue weighted by Gasteiger charge is 2.36. The van der Waals surface area contributed by atoms with Gasteiger partial charge in [0.15, 0.2) is 0 Å². The van der Waals surface area contributed by atoms with Gasteiger partial charge in [-0.15, -0.1) is 0 Å². The number of ether oxygens (including phenoxy) is 1.